The lowest BCUT2D eigenvalue weighted by molar-refractivity contribution is 0.492. The minimum absolute atomic E-state index is 0.0511. The summed E-state index contributed by atoms with van der Waals surface area (Å²) in [4.78, 5) is 4.33. The van der Waals surface area contributed by atoms with Gasteiger partial charge in [-0.2, -0.15) is 5.10 Å². The minimum Gasteiger partial charge on any atom is -0.310 e. The molecule has 0 amide bonds. The number of aryl methyl sites for hydroxylation is 2. The predicted octanol–water partition coefficient (Wildman–Crippen LogP) is 3.03. The second kappa shape index (κ2) is 7.31. The molecule has 4 nitrogen and oxygen atoms in total. The maximum atomic E-state index is 13.6. The smallest absolute Gasteiger partial charge is 0.138 e. The van der Waals surface area contributed by atoms with Crippen LogP contribution >= 0.6 is 0 Å². The van der Waals surface area contributed by atoms with Crippen LogP contribution in [0.15, 0.2) is 24.5 Å². The first-order chi connectivity index (χ1) is 10.2. The second-order valence-electron chi connectivity index (χ2n) is 5.20. The number of nitrogens with one attached hydrogen (secondary N) is 1. The summed E-state index contributed by atoms with van der Waals surface area (Å²) in [6, 6.07) is 5.00. The topological polar surface area (TPSA) is 42.7 Å². The van der Waals surface area contributed by atoms with E-state index in [1.54, 1.807) is 12.4 Å². The lowest BCUT2D eigenvalue weighted by Crippen LogP contribution is -2.26. The molecule has 0 radical (unpaired) electrons. The number of halogens is 1. The highest BCUT2D eigenvalue weighted by molar-refractivity contribution is 5.30. The summed E-state index contributed by atoms with van der Waals surface area (Å²) in [5, 5.41) is 7.70. The van der Waals surface area contributed by atoms with Crippen molar-refractivity contribution in [3.63, 3.8) is 0 Å². The second-order valence-corrected chi connectivity index (χ2v) is 5.20. The number of hydrogen-bond acceptors (Lipinski definition) is 3. The Hall–Kier alpha value is -1.75. The first-order valence-corrected chi connectivity index (χ1v) is 7.51. The van der Waals surface area contributed by atoms with E-state index in [1.807, 2.05) is 24.6 Å². The highest BCUT2D eigenvalue weighted by Crippen LogP contribution is 2.22. The molecule has 21 heavy (non-hydrogen) atoms. The molecule has 0 spiro atoms. The molecule has 0 saturated carbocycles. The SMILES string of the molecule is CCCNC(Cc1ncnn1CC)c1cc(F)ccc1C. The molecule has 0 aliphatic rings. The summed E-state index contributed by atoms with van der Waals surface area (Å²) in [6.07, 6.45) is 3.32. The number of hydrogen-bond donors (Lipinski definition) is 1. The Bertz CT molecular complexity index is 579. The van der Waals surface area contributed by atoms with E-state index >= 15 is 0 Å². The molecule has 0 bridgehead atoms. The monoisotopic (exact) mass is 290 g/mol. The number of nitrogens with zero attached hydrogens (tertiary/aromatic N) is 3. The van der Waals surface area contributed by atoms with Gasteiger partial charge in [0, 0.05) is 19.0 Å². The molecular weight excluding hydrogens is 267 g/mol. The molecule has 5 heteroatoms. The molecule has 1 heterocycles. The lowest BCUT2D eigenvalue weighted by atomic mass is 9.98. The van der Waals surface area contributed by atoms with E-state index in [1.165, 1.54) is 6.07 Å². The van der Waals surface area contributed by atoms with Gasteiger partial charge in [-0.25, -0.2) is 9.37 Å². The van der Waals surface area contributed by atoms with E-state index < -0.39 is 0 Å². The summed E-state index contributed by atoms with van der Waals surface area (Å²) in [6.45, 7) is 7.86. The van der Waals surface area contributed by atoms with Crippen molar-refractivity contribution >= 4 is 0 Å². The molecule has 1 N–H and O–H groups in total. The van der Waals surface area contributed by atoms with Gasteiger partial charge in [0.15, 0.2) is 0 Å². The molecule has 0 fully saturated rings. The maximum absolute atomic E-state index is 13.6. The Morgan fingerprint density at radius 3 is 2.86 bits per heavy atom. The molecule has 1 unspecified atom stereocenters. The van der Waals surface area contributed by atoms with Crippen LogP contribution in [0.4, 0.5) is 4.39 Å². The fourth-order valence-corrected chi connectivity index (χ4v) is 2.49. The fraction of sp³-hybridized carbons (Fsp3) is 0.500. The van der Waals surface area contributed by atoms with Gasteiger partial charge in [0.05, 0.1) is 0 Å². The molecule has 0 saturated heterocycles. The Morgan fingerprint density at radius 1 is 1.33 bits per heavy atom. The van der Waals surface area contributed by atoms with Gasteiger partial charge < -0.3 is 5.32 Å². The Morgan fingerprint density at radius 2 is 2.14 bits per heavy atom. The van der Waals surface area contributed by atoms with Gasteiger partial charge in [-0.3, -0.25) is 4.68 Å². The first-order valence-electron chi connectivity index (χ1n) is 7.51. The summed E-state index contributed by atoms with van der Waals surface area (Å²) >= 11 is 0. The number of aromatic nitrogens is 3. The summed E-state index contributed by atoms with van der Waals surface area (Å²) in [5.74, 6) is 0.727. The molecule has 1 atom stereocenters. The Balaban J connectivity index is 2.27. The van der Waals surface area contributed by atoms with Crippen molar-refractivity contribution in [3.05, 3.63) is 47.3 Å². The average molecular weight is 290 g/mol. The van der Waals surface area contributed by atoms with Gasteiger partial charge in [0.25, 0.3) is 0 Å². The zero-order chi connectivity index (χ0) is 15.2. The van der Waals surface area contributed by atoms with Gasteiger partial charge in [0.2, 0.25) is 0 Å². The number of benzene rings is 1. The lowest BCUT2D eigenvalue weighted by Gasteiger charge is -2.21. The molecule has 0 aliphatic carbocycles. The van der Waals surface area contributed by atoms with Crippen molar-refractivity contribution in [2.75, 3.05) is 6.54 Å². The Kier molecular flexibility index (Phi) is 5.44. The van der Waals surface area contributed by atoms with E-state index in [-0.39, 0.29) is 11.9 Å². The van der Waals surface area contributed by atoms with Crippen LogP contribution in [-0.4, -0.2) is 21.3 Å². The summed E-state index contributed by atoms with van der Waals surface area (Å²) < 4.78 is 15.5. The predicted molar refractivity (Wildman–Crippen MR) is 81.6 cm³/mol. The van der Waals surface area contributed by atoms with E-state index in [4.69, 9.17) is 0 Å². The standard InChI is InChI=1S/C16H23FN4/c1-4-8-18-15(10-16-19-11-20-21(16)5-2)14-9-13(17)7-6-12(14)3/h6-7,9,11,15,18H,4-5,8,10H2,1-3H3. The van der Waals surface area contributed by atoms with E-state index in [0.717, 1.165) is 36.5 Å². The van der Waals surface area contributed by atoms with E-state index in [0.29, 0.717) is 6.42 Å². The molecule has 114 valence electrons. The molecule has 1 aromatic carbocycles. The van der Waals surface area contributed by atoms with Crippen LogP contribution in [0.1, 0.15) is 43.3 Å². The van der Waals surface area contributed by atoms with Gasteiger partial charge in [-0.05, 0) is 50.1 Å². The van der Waals surface area contributed by atoms with Crippen LogP contribution in [0.5, 0.6) is 0 Å². The highest BCUT2D eigenvalue weighted by Gasteiger charge is 2.17. The largest absolute Gasteiger partial charge is 0.310 e. The third-order valence-corrected chi connectivity index (χ3v) is 3.64. The van der Waals surface area contributed by atoms with Gasteiger partial charge in [-0.1, -0.05) is 13.0 Å². The first kappa shape index (κ1) is 15.6. The van der Waals surface area contributed by atoms with Gasteiger partial charge in [0.1, 0.15) is 18.0 Å². The van der Waals surface area contributed by atoms with Crippen LogP contribution in [0.25, 0.3) is 0 Å². The normalized spacial score (nSPS) is 12.6. The molecular formula is C16H23FN4. The van der Waals surface area contributed by atoms with Crippen LogP contribution in [0.3, 0.4) is 0 Å². The molecule has 0 aliphatic heterocycles. The quantitative estimate of drug-likeness (QED) is 0.852. The van der Waals surface area contributed by atoms with Crippen LogP contribution in [0, 0.1) is 12.7 Å². The van der Waals surface area contributed by atoms with E-state index in [2.05, 4.69) is 22.3 Å². The number of rotatable bonds is 7. The van der Waals surface area contributed by atoms with Crippen molar-refractivity contribution in [2.45, 2.75) is 46.2 Å². The van der Waals surface area contributed by atoms with Crippen LogP contribution in [-0.2, 0) is 13.0 Å². The average Bonchev–Trinajstić information content (AvgIpc) is 2.93. The molecule has 1 aromatic heterocycles. The maximum Gasteiger partial charge on any atom is 0.138 e. The van der Waals surface area contributed by atoms with Crippen molar-refractivity contribution in [3.8, 4) is 0 Å². The van der Waals surface area contributed by atoms with Gasteiger partial charge in [-0.15, -0.1) is 0 Å². The molecule has 2 rings (SSSR count). The summed E-state index contributed by atoms with van der Waals surface area (Å²) in [7, 11) is 0. The molecule has 2 aromatic rings. The zero-order valence-corrected chi connectivity index (χ0v) is 12.9. The van der Waals surface area contributed by atoms with Crippen LogP contribution < -0.4 is 5.32 Å². The van der Waals surface area contributed by atoms with Crippen molar-refractivity contribution in [1.82, 2.24) is 20.1 Å². The third kappa shape index (κ3) is 3.88. The highest BCUT2D eigenvalue weighted by atomic mass is 19.1. The van der Waals surface area contributed by atoms with E-state index in [9.17, 15) is 4.39 Å². The van der Waals surface area contributed by atoms with Crippen molar-refractivity contribution in [1.29, 1.82) is 0 Å². The minimum atomic E-state index is -0.198. The fourth-order valence-electron chi connectivity index (χ4n) is 2.49. The zero-order valence-electron chi connectivity index (χ0n) is 12.9. The third-order valence-electron chi connectivity index (χ3n) is 3.64. The Labute approximate surface area is 125 Å². The van der Waals surface area contributed by atoms with Crippen molar-refractivity contribution < 1.29 is 4.39 Å². The van der Waals surface area contributed by atoms with Crippen LogP contribution in [0.2, 0.25) is 0 Å². The van der Waals surface area contributed by atoms with Gasteiger partial charge >= 0.3 is 0 Å². The van der Waals surface area contributed by atoms with Crippen molar-refractivity contribution in [2.24, 2.45) is 0 Å². The summed E-state index contributed by atoms with van der Waals surface area (Å²) in [5.41, 5.74) is 2.08.